The lowest BCUT2D eigenvalue weighted by molar-refractivity contribution is -0.142. The van der Waals surface area contributed by atoms with E-state index in [0.29, 0.717) is 11.4 Å². The number of pyridine rings is 1. The molecule has 2 N–H and O–H groups in total. The first-order valence-electron chi connectivity index (χ1n) is 3.94. The third kappa shape index (κ3) is 2.18. The average Bonchev–Trinajstić information content (AvgIpc) is 2.17. The highest BCUT2D eigenvalue weighted by atomic mass is 16.5. The van der Waals surface area contributed by atoms with E-state index in [1.54, 1.807) is 19.1 Å². The van der Waals surface area contributed by atoms with Gasteiger partial charge in [-0.1, -0.05) is 0 Å². The molecule has 4 nitrogen and oxygen atoms in total. The summed E-state index contributed by atoms with van der Waals surface area (Å²) in [7, 11) is 1.36. The van der Waals surface area contributed by atoms with E-state index in [4.69, 9.17) is 5.73 Å². The number of nitrogens with two attached hydrogens (primary N) is 1. The van der Waals surface area contributed by atoms with E-state index in [1.807, 2.05) is 0 Å². The molecule has 1 aromatic heterocycles. The molecule has 1 atom stereocenters. The van der Waals surface area contributed by atoms with E-state index in [2.05, 4.69) is 9.72 Å². The van der Waals surface area contributed by atoms with Crippen molar-refractivity contribution in [2.24, 2.45) is 0 Å². The Labute approximate surface area is 76.7 Å². The van der Waals surface area contributed by atoms with E-state index >= 15 is 0 Å². The van der Waals surface area contributed by atoms with Crippen molar-refractivity contribution >= 4 is 11.7 Å². The number of hydrogen-bond donors (Lipinski definition) is 1. The molecule has 0 unspecified atom stereocenters. The van der Waals surface area contributed by atoms with Crippen LogP contribution in [0.15, 0.2) is 18.3 Å². The van der Waals surface area contributed by atoms with Gasteiger partial charge in [-0.3, -0.25) is 9.78 Å². The predicted molar refractivity (Wildman–Crippen MR) is 49.1 cm³/mol. The maximum Gasteiger partial charge on any atom is 0.314 e. The maximum atomic E-state index is 11.1. The van der Waals surface area contributed by atoms with Crippen molar-refractivity contribution in [3.05, 3.63) is 24.0 Å². The van der Waals surface area contributed by atoms with Gasteiger partial charge in [0.25, 0.3) is 0 Å². The highest BCUT2D eigenvalue weighted by molar-refractivity contribution is 5.76. The molecule has 0 amide bonds. The van der Waals surface area contributed by atoms with Gasteiger partial charge in [-0.15, -0.1) is 0 Å². The van der Waals surface area contributed by atoms with Gasteiger partial charge in [0.1, 0.15) is 0 Å². The number of esters is 1. The van der Waals surface area contributed by atoms with Crippen LogP contribution in [0.25, 0.3) is 0 Å². The molecule has 0 spiro atoms. The van der Waals surface area contributed by atoms with E-state index in [9.17, 15) is 4.79 Å². The molecular formula is C9H12N2O2. The molecule has 0 aliphatic carbocycles. The smallest absolute Gasteiger partial charge is 0.314 e. The summed E-state index contributed by atoms with van der Waals surface area (Å²) in [4.78, 5) is 15.1. The number of nitrogens with zero attached hydrogens (tertiary/aromatic N) is 1. The Balaban J connectivity index is 2.83. The third-order valence-corrected chi connectivity index (χ3v) is 1.81. The van der Waals surface area contributed by atoms with Crippen LogP contribution in [0, 0.1) is 0 Å². The van der Waals surface area contributed by atoms with Crippen LogP contribution in [-0.4, -0.2) is 18.1 Å². The number of ether oxygens (including phenoxy) is 1. The summed E-state index contributed by atoms with van der Waals surface area (Å²) >= 11 is 0. The minimum absolute atomic E-state index is 0.294. The van der Waals surface area contributed by atoms with Crippen LogP contribution in [0.3, 0.4) is 0 Å². The fourth-order valence-electron chi connectivity index (χ4n) is 0.970. The molecule has 4 heteroatoms. The fraction of sp³-hybridized carbons (Fsp3) is 0.333. The van der Waals surface area contributed by atoms with Crippen molar-refractivity contribution < 1.29 is 9.53 Å². The minimum atomic E-state index is -0.342. The molecule has 0 fully saturated rings. The molecule has 1 rings (SSSR count). The van der Waals surface area contributed by atoms with Gasteiger partial charge >= 0.3 is 5.97 Å². The monoisotopic (exact) mass is 180 g/mol. The molecule has 70 valence electrons. The lowest BCUT2D eigenvalue weighted by Gasteiger charge is -2.07. The van der Waals surface area contributed by atoms with Gasteiger partial charge in [0.15, 0.2) is 0 Å². The second-order valence-corrected chi connectivity index (χ2v) is 2.76. The van der Waals surface area contributed by atoms with Crippen molar-refractivity contribution in [3.63, 3.8) is 0 Å². The number of carbonyl (C=O) groups is 1. The van der Waals surface area contributed by atoms with Crippen LogP contribution >= 0.6 is 0 Å². The second kappa shape index (κ2) is 3.89. The lowest BCUT2D eigenvalue weighted by Crippen LogP contribution is -2.12. The number of methoxy groups -OCH3 is 1. The highest BCUT2D eigenvalue weighted by Gasteiger charge is 2.16. The van der Waals surface area contributed by atoms with Gasteiger partial charge in [-0.2, -0.15) is 0 Å². The molecule has 0 aromatic carbocycles. The number of hydrogen-bond acceptors (Lipinski definition) is 4. The Kier molecular flexibility index (Phi) is 2.84. The quantitative estimate of drug-likeness (QED) is 0.688. The Morgan fingerprint density at radius 1 is 1.62 bits per heavy atom. The summed E-state index contributed by atoms with van der Waals surface area (Å²) in [5, 5.41) is 0. The van der Waals surface area contributed by atoms with Gasteiger partial charge in [-0.25, -0.2) is 0 Å². The fourth-order valence-corrected chi connectivity index (χ4v) is 0.970. The largest absolute Gasteiger partial charge is 0.469 e. The standard InChI is InChI=1S/C9H12N2O2/c1-6(9(12)13-2)8-4-3-7(10)5-11-8/h3-6H,10H2,1-2H3/t6-/m0/s1. The summed E-state index contributed by atoms with van der Waals surface area (Å²) in [6.07, 6.45) is 1.52. The van der Waals surface area contributed by atoms with Crippen LogP contribution in [-0.2, 0) is 9.53 Å². The van der Waals surface area contributed by atoms with Gasteiger partial charge in [0.05, 0.1) is 30.6 Å². The maximum absolute atomic E-state index is 11.1. The first-order valence-corrected chi connectivity index (χ1v) is 3.94. The van der Waals surface area contributed by atoms with Crippen molar-refractivity contribution in [1.82, 2.24) is 4.98 Å². The van der Waals surface area contributed by atoms with Gasteiger partial charge in [-0.05, 0) is 19.1 Å². The van der Waals surface area contributed by atoms with Crippen molar-refractivity contribution in [3.8, 4) is 0 Å². The van der Waals surface area contributed by atoms with Crippen molar-refractivity contribution in [1.29, 1.82) is 0 Å². The van der Waals surface area contributed by atoms with Crippen molar-refractivity contribution in [2.75, 3.05) is 12.8 Å². The van der Waals surface area contributed by atoms with Crippen LogP contribution in [0.4, 0.5) is 5.69 Å². The second-order valence-electron chi connectivity index (χ2n) is 2.76. The summed E-state index contributed by atoms with van der Waals surface area (Å²) < 4.78 is 4.59. The van der Waals surface area contributed by atoms with Crippen LogP contribution < -0.4 is 5.73 Å². The highest BCUT2D eigenvalue weighted by Crippen LogP contribution is 2.14. The molecule has 0 saturated heterocycles. The molecule has 13 heavy (non-hydrogen) atoms. The zero-order chi connectivity index (χ0) is 9.84. The summed E-state index contributed by atoms with van der Waals surface area (Å²) in [5.74, 6) is -0.636. The normalized spacial score (nSPS) is 12.2. The Hall–Kier alpha value is -1.58. The van der Waals surface area contributed by atoms with Crippen LogP contribution in [0.1, 0.15) is 18.5 Å². The summed E-state index contributed by atoms with van der Waals surface area (Å²) in [6, 6.07) is 3.43. The topological polar surface area (TPSA) is 65.2 Å². The van der Waals surface area contributed by atoms with E-state index in [-0.39, 0.29) is 11.9 Å². The lowest BCUT2D eigenvalue weighted by atomic mass is 10.1. The number of nitrogen functional groups attached to an aromatic ring is 1. The van der Waals surface area contributed by atoms with E-state index in [0.717, 1.165) is 0 Å². The molecule has 0 saturated carbocycles. The summed E-state index contributed by atoms with van der Waals surface area (Å²) in [6.45, 7) is 1.74. The molecule has 0 bridgehead atoms. The van der Waals surface area contributed by atoms with Gasteiger partial charge in [0.2, 0.25) is 0 Å². The molecule has 0 radical (unpaired) electrons. The number of rotatable bonds is 2. The third-order valence-electron chi connectivity index (χ3n) is 1.81. The molecule has 1 heterocycles. The molecule has 0 aliphatic heterocycles. The summed E-state index contributed by atoms with van der Waals surface area (Å²) in [5.41, 5.74) is 6.71. The molecule has 0 aliphatic rings. The van der Waals surface area contributed by atoms with E-state index in [1.165, 1.54) is 13.3 Å². The number of carbonyl (C=O) groups excluding carboxylic acids is 1. The van der Waals surface area contributed by atoms with Gasteiger partial charge < -0.3 is 10.5 Å². The SMILES string of the molecule is COC(=O)[C@@H](C)c1ccc(N)cn1. The zero-order valence-electron chi connectivity index (χ0n) is 7.65. The average molecular weight is 180 g/mol. The first-order chi connectivity index (χ1) is 6.15. The van der Waals surface area contributed by atoms with Crippen LogP contribution in [0.2, 0.25) is 0 Å². The Morgan fingerprint density at radius 3 is 2.77 bits per heavy atom. The van der Waals surface area contributed by atoms with Crippen LogP contribution in [0.5, 0.6) is 0 Å². The number of anilines is 1. The zero-order valence-corrected chi connectivity index (χ0v) is 7.65. The Morgan fingerprint density at radius 2 is 2.31 bits per heavy atom. The van der Waals surface area contributed by atoms with Crippen molar-refractivity contribution in [2.45, 2.75) is 12.8 Å². The Bertz CT molecular complexity index is 295. The minimum Gasteiger partial charge on any atom is -0.469 e. The first kappa shape index (κ1) is 9.51. The van der Waals surface area contributed by atoms with Gasteiger partial charge in [0, 0.05) is 0 Å². The molecule has 1 aromatic rings. The number of aromatic nitrogens is 1. The van der Waals surface area contributed by atoms with E-state index < -0.39 is 0 Å². The predicted octanol–water partition coefficient (Wildman–Crippen LogP) is 0.940. The molecular weight excluding hydrogens is 168 g/mol.